The Morgan fingerprint density at radius 2 is 2.33 bits per heavy atom. The molecule has 64 valence electrons. The molecule has 1 heterocycles. The zero-order valence-corrected chi connectivity index (χ0v) is 8.02. The molecule has 0 aliphatic carbocycles. The minimum atomic E-state index is 0.988. The molecule has 0 N–H and O–H groups in total. The van der Waals surface area contributed by atoms with Gasteiger partial charge in [-0.3, -0.25) is 0 Å². The summed E-state index contributed by atoms with van der Waals surface area (Å²) >= 11 is 1.58. The summed E-state index contributed by atoms with van der Waals surface area (Å²) in [4.78, 5) is 0. The normalized spacial score (nSPS) is 11.2. The van der Waals surface area contributed by atoms with Crippen LogP contribution in [0.25, 0.3) is 11.1 Å². The van der Waals surface area contributed by atoms with Crippen molar-refractivity contribution in [2.75, 3.05) is 6.26 Å². The molecule has 2 nitrogen and oxygen atoms in total. The van der Waals surface area contributed by atoms with E-state index in [0.29, 0.717) is 0 Å². The fourth-order valence-corrected chi connectivity index (χ4v) is 1.73. The van der Waals surface area contributed by atoms with E-state index in [1.54, 1.807) is 11.9 Å². The minimum absolute atomic E-state index is 0.988. The average Bonchev–Trinajstić information content (AvgIpc) is 2.08. The first-order valence-corrected chi connectivity index (χ1v) is 5.18. The third kappa shape index (κ3) is 1.05. The van der Waals surface area contributed by atoms with Crippen LogP contribution < -0.4 is 0 Å². The van der Waals surface area contributed by atoms with Gasteiger partial charge in [-0.2, -0.15) is 0 Å². The zero-order valence-electron chi connectivity index (χ0n) is 7.20. The number of fused-ring (bicyclic) bond motifs is 1. The molecule has 0 amide bonds. The molecular weight excluding hydrogens is 170 g/mol. The topological polar surface area (TPSA) is 18.1 Å². The quantitative estimate of drug-likeness (QED) is 0.709. The van der Waals surface area contributed by atoms with Crippen molar-refractivity contribution in [2.45, 2.75) is 13.3 Å². The van der Waals surface area contributed by atoms with E-state index in [1.807, 2.05) is 16.5 Å². The third-order valence-corrected chi connectivity index (χ3v) is 2.58. The van der Waals surface area contributed by atoms with Gasteiger partial charge in [0, 0.05) is 6.26 Å². The van der Waals surface area contributed by atoms with E-state index in [1.165, 1.54) is 11.1 Å². The van der Waals surface area contributed by atoms with Crippen LogP contribution in [-0.2, 0) is 6.42 Å². The van der Waals surface area contributed by atoms with Crippen molar-refractivity contribution >= 4 is 23.0 Å². The van der Waals surface area contributed by atoms with Crippen LogP contribution in [0.2, 0.25) is 0 Å². The number of benzene rings is 1. The lowest BCUT2D eigenvalue weighted by atomic mass is 10.1. The second-order valence-electron chi connectivity index (χ2n) is 2.69. The van der Waals surface area contributed by atoms with Crippen molar-refractivity contribution in [1.82, 2.24) is 4.15 Å². The lowest BCUT2D eigenvalue weighted by Crippen LogP contribution is -1.96. The molecule has 2 aromatic rings. The largest absolute Gasteiger partial charge is 0.366 e. The van der Waals surface area contributed by atoms with Crippen molar-refractivity contribution in [2.24, 2.45) is 0 Å². The Labute approximate surface area is 75.6 Å². The number of rotatable bonds is 2. The summed E-state index contributed by atoms with van der Waals surface area (Å²) in [5.41, 5.74) is 3.54. The highest BCUT2D eigenvalue weighted by Gasteiger charge is 2.07. The maximum absolute atomic E-state index is 5.33. The average molecular weight is 181 g/mol. The Morgan fingerprint density at radius 1 is 1.50 bits per heavy atom. The summed E-state index contributed by atoms with van der Waals surface area (Å²) in [5.74, 6) is 0. The van der Waals surface area contributed by atoms with Gasteiger partial charge in [-0.05, 0) is 36.1 Å². The van der Waals surface area contributed by atoms with Crippen LogP contribution in [0, 0.1) is 0 Å². The molecule has 1 aromatic carbocycles. The van der Waals surface area contributed by atoms with Gasteiger partial charge in [-0.25, -0.2) is 0 Å². The lowest BCUT2D eigenvalue weighted by Gasteiger charge is -2.11. The second-order valence-corrected chi connectivity index (χ2v) is 3.38. The highest BCUT2D eigenvalue weighted by molar-refractivity contribution is 7.97. The van der Waals surface area contributed by atoms with Crippen LogP contribution in [0.1, 0.15) is 12.5 Å². The maximum Gasteiger partial charge on any atom is 0.184 e. The molecule has 0 saturated heterocycles. The van der Waals surface area contributed by atoms with Crippen LogP contribution in [0.15, 0.2) is 22.7 Å². The molecule has 0 atom stereocenters. The third-order valence-electron chi connectivity index (χ3n) is 1.98. The van der Waals surface area contributed by atoms with Crippen molar-refractivity contribution in [3.05, 3.63) is 23.8 Å². The molecule has 12 heavy (non-hydrogen) atoms. The van der Waals surface area contributed by atoms with E-state index in [2.05, 4.69) is 19.1 Å². The van der Waals surface area contributed by atoms with E-state index < -0.39 is 0 Å². The Kier molecular flexibility index (Phi) is 1.89. The predicted octanol–water partition coefficient (Wildman–Crippen LogP) is 2.92. The van der Waals surface area contributed by atoms with Crippen LogP contribution in [0.5, 0.6) is 0 Å². The maximum atomic E-state index is 5.33. The fraction of sp³-hybridized carbons (Fsp3) is 0.333. The standard InChI is InChI=1S/C9H11NOS/c1-3-7-4-5-9-8(6-7)10(11-9)12-2/h4-6H,3H2,1-2H3. The first kappa shape index (κ1) is 7.80. The predicted molar refractivity (Wildman–Crippen MR) is 52.5 cm³/mol. The van der Waals surface area contributed by atoms with E-state index in [-0.39, 0.29) is 0 Å². The molecule has 0 spiro atoms. The summed E-state index contributed by atoms with van der Waals surface area (Å²) in [5, 5.41) is 0. The van der Waals surface area contributed by atoms with Gasteiger partial charge in [0.1, 0.15) is 5.52 Å². The van der Waals surface area contributed by atoms with E-state index in [9.17, 15) is 0 Å². The molecular formula is C9H11NOS. The molecule has 0 aliphatic rings. The van der Waals surface area contributed by atoms with Gasteiger partial charge in [-0.15, -0.1) is 4.15 Å². The highest BCUT2D eigenvalue weighted by Crippen LogP contribution is 2.24. The molecule has 3 heteroatoms. The van der Waals surface area contributed by atoms with Crippen LogP contribution in [0.4, 0.5) is 0 Å². The first-order valence-electron chi connectivity index (χ1n) is 4.00. The monoisotopic (exact) mass is 181 g/mol. The van der Waals surface area contributed by atoms with Crippen molar-refractivity contribution in [1.29, 1.82) is 0 Å². The highest BCUT2D eigenvalue weighted by atomic mass is 32.2. The Bertz CT molecular complexity index is 382. The van der Waals surface area contributed by atoms with Gasteiger partial charge in [-0.1, -0.05) is 13.0 Å². The summed E-state index contributed by atoms with van der Waals surface area (Å²) in [6, 6.07) is 6.31. The Morgan fingerprint density at radius 3 is 3.00 bits per heavy atom. The zero-order chi connectivity index (χ0) is 8.55. The van der Waals surface area contributed by atoms with Crippen LogP contribution >= 0.6 is 11.9 Å². The summed E-state index contributed by atoms with van der Waals surface area (Å²) in [7, 11) is 0. The van der Waals surface area contributed by atoms with Crippen molar-refractivity contribution in [3.8, 4) is 0 Å². The van der Waals surface area contributed by atoms with Gasteiger partial charge < -0.3 is 4.52 Å². The van der Waals surface area contributed by atoms with Gasteiger partial charge in [0.05, 0.1) is 0 Å². The van der Waals surface area contributed by atoms with Gasteiger partial charge in [0.25, 0.3) is 0 Å². The number of hydrogen-bond acceptors (Lipinski definition) is 2. The summed E-state index contributed by atoms with van der Waals surface area (Å²) in [6.07, 6.45) is 3.08. The van der Waals surface area contributed by atoms with Crippen molar-refractivity contribution < 1.29 is 4.52 Å². The molecule has 0 aliphatic heterocycles. The molecule has 0 radical (unpaired) electrons. The first-order chi connectivity index (χ1) is 5.85. The molecule has 1 aromatic heterocycles. The SMILES string of the molecule is CCc1ccc2on(SC)c2c1. The van der Waals surface area contributed by atoms with E-state index in [4.69, 9.17) is 4.52 Å². The van der Waals surface area contributed by atoms with Gasteiger partial charge in [0.15, 0.2) is 5.58 Å². The Balaban J connectivity index is 2.50. The van der Waals surface area contributed by atoms with Crippen LogP contribution in [-0.4, -0.2) is 10.4 Å². The number of hydrogen-bond donors (Lipinski definition) is 0. The smallest absolute Gasteiger partial charge is 0.184 e. The molecule has 0 bridgehead atoms. The molecule has 0 saturated carbocycles. The number of aryl methyl sites for hydroxylation is 1. The summed E-state index contributed by atoms with van der Waals surface area (Å²) < 4.78 is 7.16. The van der Waals surface area contributed by atoms with E-state index in [0.717, 1.165) is 12.0 Å². The second kappa shape index (κ2) is 2.90. The Hall–Kier alpha value is -0.830. The fourth-order valence-electron chi connectivity index (χ4n) is 1.24. The minimum Gasteiger partial charge on any atom is -0.366 e. The van der Waals surface area contributed by atoms with Gasteiger partial charge >= 0.3 is 0 Å². The van der Waals surface area contributed by atoms with Crippen molar-refractivity contribution in [3.63, 3.8) is 0 Å². The molecule has 0 fully saturated rings. The van der Waals surface area contributed by atoms with Gasteiger partial charge in [0.2, 0.25) is 0 Å². The number of aromatic nitrogens is 1. The van der Waals surface area contributed by atoms with E-state index >= 15 is 0 Å². The summed E-state index contributed by atoms with van der Waals surface area (Å²) in [6.45, 7) is 2.16. The molecule has 2 rings (SSSR count). The lowest BCUT2D eigenvalue weighted by molar-refractivity contribution is 0.392. The van der Waals surface area contributed by atoms with Crippen LogP contribution in [0.3, 0.4) is 0 Å². The molecule has 0 unspecified atom stereocenters. The number of nitrogens with zero attached hydrogens (tertiary/aromatic N) is 1.